The van der Waals surface area contributed by atoms with Gasteiger partial charge in [0.05, 0.1) is 15.9 Å². The van der Waals surface area contributed by atoms with Gasteiger partial charge in [0, 0.05) is 5.56 Å². The zero-order valence-electron chi connectivity index (χ0n) is 15.9. The quantitative estimate of drug-likeness (QED) is 0.151. The Morgan fingerprint density at radius 1 is 0.767 bits per heavy atom. The summed E-state index contributed by atoms with van der Waals surface area (Å²) in [6.45, 7) is 0. The minimum atomic E-state index is 0.489. The molecule has 5 rings (SSSR count). The van der Waals surface area contributed by atoms with E-state index in [4.69, 9.17) is 0 Å². The molecule has 0 aliphatic rings. The third-order valence-electron chi connectivity index (χ3n) is 4.59. The molecular weight excluding hydrogens is 390 g/mol. The highest BCUT2D eigenvalue weighted by Gasteiger charge is 2.05. The first-order valence-electron chi connectivity index (χ1n) is 9.50. The number of thiazole rings is 1. The summed E-state index contributed by atoms with van der Waals surface area (Å²) in [4.78, 5) is 4.51. The number of hydrazone groups is 1. The van der Waals surface area contributed by atoms with Crippen molar-refractivity contribution in [1.82, 2.24) is 4.98 Å². The van der Waals surface area contributed by atoms with Gasteiger partial charge in [-0.3, -0.25) is 5.43 Å². The molecule has 0 spiro atoms. The Kier molecular flexibility index (Phi) is 4.98. The molecule has 30 heavy (non-hydrogen) atoms. The predicted molar refractivity (Wildman–Crippen MR) is 125 cm³/mol. The summed E-state index contributed by atoms with van der Waals surface area (Å²) >= 11 is 1.50. The Labute approximate surface area is 177 Å². The molecule has 5 aromatic rings. The van der Waals surface area contributed by atoms with E-state index in [2.05, 4.69) is 50.0 Å². The summed E-state index contributed by atoms with van der Waals surface area (Å²) in [6.07, 6.45) is 0. The van der Waals surface area contributed by atoms with Crippen LogP contribution < -0.4 is 5.43 Å². The summed E-state index contributed by atoms with van der Waals surface area (Å²) < 4.78 is 1.08. The second kappa shape index (κ2) is 8.23. The van der Waals surface area contributed by atoms with Crippen LogP contribution in [0.2, 0.25) is 0 Å². The maximum Gasteiger partial charge on any atom is 0.231 e. The number of nitrogens with zero attached hydrogens (tertiary/aromatic N) is 4. The average molecular weight is 408 g/mol. The van der Waals surface area contributed by atoms with Crippen molar-refractivity contribution in [3.05, 3.63) is 103 Å². The van der Waals surface area contributed by atoms with Crippen molar-refractivity contribution in [2.45, 2.75) is 0 Å². The number of hydrogen-bond acceptors (Lipinski definition) is 5. The topological polar surface area (TPSA) is 62.0 Å². The molecule has 0 saturated carbocycles. The number of nitrogens with one attached hydrogen (secondary N) is 1. The minimum Gasteiger partial charge on any atom is -0.276 e. The molecule has 1 N–H and O–H groups in total. The van der Waals surface area contributed by atoms with Gasteiger partial charge in [0.2, 0.25) is 11.0 Å². The second-order valence-corrected chi connectivity index (χ2v) is 7.65. The lowest BCUT2D eigenvalue weighted by atomic mass is 10.1. The van der Waals surface area contributed by atoms with Gasteiger partial charge in [-0.1, -0.05) is 84.1 Å². The van der Waals surface area contributed by atoms with Crippen LogP contribution in [0.1, 0.15) is 5.56 Å². The summed E-state index contributed by atoms with van der Waals surface area (Å²) in [5.74, 6) is 0.489. The van der Waals surface area contributed by atoms with Crippen LogP contribution >= 0.6 is 11.3 Å². The summed E-state index contributed by atoms with van der Waals surface area (Å²) in [5.41, 5.74) is 5.79. The van der Waals surface area contributed by atoms with Crippen molar-refractivity contribution in [3.8, 4) is 0 Å². The number of hydrogen-bond donors (Lipinski definition) is 1. The number of benzene rings is 4. The molecule has 1 aromatic heterocycles. The number of aromatic nitrogens is 1. The molecule has 144 valence electrons. The highest BCUT2D eigenvalue weighted by molar-refractivity contribution is 7.21. The fraction of sp³-hybridized carbons (Fsp3) is 0. The average Bonchev–Trinajstić information content (AvgIpc) is 3.22. The molecule has 6 heteroatoms. The van der Waals surface area contributed by atoms with Gasteiger partial charge in [0.25, 0.3) is 0 Å². The lowest BCUT2D eigenvalue weighted by Crippen LogP contribution is -2.01. The lowest BCUT2D eigenvalue weighted by molar-refractivity contribution is 1.21. The molecule has 0 aliphatic carbocycles. The summed E-state index contributed by atoms with van der Waals surface area (Å²) in [6, 6.07) is 32.1. The van der Waals surface area contributed by atoms with Crippen LogP contribution in [0.5, 0.6) is 0 Å². The normalized spacial score (nSPS) is 12.1. The van der Waals surface area contributed by atoms with Crippen LogP contribution in [-0.4, -0.2) is 10.8 Å². The number of fused-ring (bicyclic) bond motifs is 2. The molecule has 0 bridgehead atoms. The number of azo groups is 1. The van der Waals surface area contributed by atoms with E-state index in [-0.39, 0.29) is 0 Å². The third kappa shape index (κ3) is 3.94. The first kappa shape index (κ1) is 18.1. The van der Waals surface area contributed by atoms with Gasteiger partial charge < -0.3 is 0 Å². The van der Waals surface area contributed by atoms with Gasteiger partial charge in [0.15, 0.2) is 0 Å². The predicted octanol–water partition coefficient (Wildman–Crippen LogP) is 7.01. The van der Waals surface area contributed by atoms with Crippen LogP contribution in [-0.2, 0) is 0 Å². The molecule has 0 unspecified atom stereocenters. The fourth-order valence-corrected chi connectivity index (χ4v) is 3.89. The van der Waals surface area contributed by atoms with E-state index in [0.29, 0.717) is 11.0 Å². The van der Waals surface area contributed by atoms with E-state index in [1.165, 1.54) is 16.7 Å². The summed E-state index contributed by atoms with van der Waals surface area (Å²) in [7, 11) is 0. The van der Waals surface area contributed by atoms with Crippen molar-refractivity contribution in [2.24, 2.45) is 15.3 Å². The Bertz CT molecular complexity index is 1340. The van der Waals surface area contributed by atoms with Crippen molar-refractivity contribution < 1.29 is 0 Å². The fourth-order valence-electron chi connectivity index (χ4n) is 3.10. The number of anilines is 1. The van der Waals surface area contributed by atoms with E-state index in [1.54, 1.807) is 0 Å². The van der Waals surface area contributed by atoms with Crippen LogP contribution in [0.4, 0.5) is 10.8 Å². The Morgan fingerprint density at radius 3 is 2.40 bits per heavy atom. The van der Waals surface area contributed by atoms with Gasteiger partial charge in [-0.15, -0.1) is 10.2 Å². The number of amidine groups is 1. The summed E-state index contributed by atoms with van der Waals surface area (Å²) in [5, 5.41) is 16.2. The first-order chi connectivity index (χ1) is 14.8. The van der Waals surface area contributed by atoms with E-state index in [1.807, 2.05) is 72.8 Å². The Morgan fingerprint density at radius 2 is 1.53 bits per heavy atom. The van der Waals surface area contributed by atoms with E-state index in [0.717, 1.165) is 26.9 Å². The van der Waals surface area contributed by atoms with Crippen molar-refractivity contribution in [1.29, 1.82) is 0 Å². The number of rotatable bonds is 4. The zero-order chi connectivity index (χ0) is 20.2. The van der Waals surface area contributed by atoms with Crippen LogP contribution in [0.3, 0.4) is 0 Å². The maximum absolute atomic E-state index is 4.52. The largest absolute Gasteiger partial charge is 0.276 e. The zero-order valence-corrected chi connectivity index (χ0v) is 16.8. The number of para-hydroxylation sites is 1. The molecule has 4 aromatic carbocycles. The van der Waals surface area contributed by atoms with E-state index < -0.39 is 0 Å². The standard InChI is InChI=1S/C24H17N5S/c1-2-9-18(10-3-1)23(28-29-24-25-21-12-6-7-13-22(21)30-24)27-26-20-15-14-17-8-4-5-11-19(17)16-20/h1-16,26H/b27-23-,29-28?. The Balaban J connectivity index is 1.46. The smallest absolute Gasteiger partial charge is 0.231 e. The van der Waals surface area contributed by atoms with Gasteiger partial charge in [-0.2, -0.15) is 5.10 Å². The highest BCUT2D eigenvalue weighted by Crippen LogP contribution is 2.28. The van der Waals surface area contributed by atoms with Gasteiger partial charge in [-0.25, -0.2) is 4.98 Å². The van der Waals surface area contributed by atoms with E-state index >= 15 is 0 Å². The van der Waals surface area contributed by atoms with Crippen LogP contribution in [0, 0.1) is 0 Å². The third-order valence-corrected chi connectivity index (χ3v) is 5.51. The second-order valence-electron chi connectivity index (χ2n) is 6.64. The molecule has 0 saturated heterocycles. The molecule has 0 atom stereocenters. The minimum absolute atomic E-state index is 0.489. The van der Waals surface area contributed by atoms with Gasteiger partial charge >= 0.3 is 0 Å². The first-order valence-corrected chi connectivity index (χ1v) is 10.3. The lowest BCUT2D eigenvalue weighted by Gasteiger charge is -2.05. The van der Waals surface area contributed by atoms with Crippen molar-refractivity contribution in [2.75, 3.05) is 5.43 Å². The molecule has 1 heterocycles. The van der Waals surface area contributed by atoms with Gasteiger partial charge in [0.1, 0.15) is 0 Å². The highest BCUT2D eigenvalue weighted by atomic mass is 32.1. The van der Waals surface area contributed by atoms with Crippen molar-refractivity contribution >= 4 is 49.0 Å². The molecular formula is C24H17N5S. The maximum atomic E-state index is 4.52. The monoisotopic (exact) mass is 407 g/mol. The SMILES string of the molecule is c1ccc(/C(N=Nc2nc3ccccc3s2)=N/Nc2ccc3ccccc3c2)cc1. The van der Waals surface area contributed by atoms with Crippen molar-refractivity contribution in [3.63, 3.8) is 0 Å². The molecule has 0 radical (unpaired) electrons. The molecule has 0 aliphatic heterocycles. The van der Waals surface area contributed by atoms with Crippen LogP contribution in [0.15, 0.2) is 112 Å². The van der Waals surface area contributed by atoms with Crippen LogP contribution in [0.25, 0.3) is 21.0 Å². The van der Waals surface area contributed by atoms with E-state index in [9.17, 15) is 0 Å². The molecule has 5 nitrogen and oxygen atoms in total. The van der Waals surface area contributed by atoms with Gasteiger partial charge in [-0.05, 0) is 35.0 Å². The Hall–Kier alpha value is -3.90. The molecule has 0 fully saturated rings. The molecule has 0 amide bonds.